The quantitative estimate of drug-likeness (QED) is 0.526. The first kappa shape index (κ1) is 23.6. The van der Waals surface area contributed by atoms with E-state index in [4.69, 9.17) is 9.47 Å². The molecule has 1 aliphatic heterocycles. The van der Waals surface area contributed by atoms with Gasteiger partial charge in [-0.2, -0.15) is 0 Å². The van der Waals surface area contributed by atoms with E-state index >= 15 is 0 Å². The van der Waals surface area contributed by atoms with Crippen LogP contribution in [0.3, 0.4) is 0 Å². The molecule has 10 heteroatoms. The van der Waals surface area contributed by atoms with Gasteiger partial charge in [-0.05, 0) is 35.9 Å². The number of benzene rings is 2. The molecule has 7 nitrogen and oxygen atoms in total. The molecule has 1 aliphatic rings. The summed E-state index contributed by atoms with van der Waals surface area (Å²) in [5, 5.41) is 2.37. The van der Waals surface area contributed by atoms with E-state index in [-0.39, 0.29) is 18.4 Å². The lowest BCUT2D eigenvalue weighted by molar-refractivity contribution is -0.130. The zero-order valence-electron chi connectivity index (χ0n) is 18.7. The number of methoxy groups -OCH3 is 1. The number of carbonyl (C=O) groups excluding carboxylic acids is 2. The maximum Gasteiger partial charge on any atom is 0.273 e. The molecule has 0 saturated carbocycles. The van der Waals surface area contributed by atoms with Crippen molar-refractivity contribution in [3.05, 3.63) is 64.7 Å². The molecule has 0 unspecified atom stereocenters. The monoisotopic (exact) mass is 487 g/mol. The van der Waals surface area contributed by atoms with Crippen molar-refractivity contribution in [3.8, 4) is 22.1 Å². The number of amides is 2. The Balaban J connectivity index is 1.44. The standard InChI is InChI=1S/C24H23F2N3O4S/c1-15(30)28-7-9-29(10-8-28)24(31)20-14-34-23(27-20)17-4-6-21(22(12-17)32-2)33-13-16-3-5-18(25)19(26)11-16/h3-6,11-12,14H,7-10,13H2,1-2H3. The summed E-state index contributed by atoms with van der Waals surface area (Å²) in [5.74, 6) is -1.11. The number of piperazine rings is 1. The summed E-state index contributed by atoms with van der Waals surface area (Å²) in [6, 6.07) is 8.84. The Morgan fingerprint density at radius 2 is 1.74 bits per heavy atom. The predicted molar refractivity (Wildman–Crippen MR) is 123 cm³/mol. The highest BCUT2D eigenvalue weighted by atomic mass is 32.1. The van der Waals surface area contributed by atoms with Crippen molar-refractivity contribution < 1.29 is 27.8 Å². The molecule has 1 fully saturated rings. The van der Waals surface area contributed by atoms with Crippen molar-refractivity contribution in [2.24, 2.45) is 0 Å². The van der Waals surface area contributed by atoms with Crippen LogP contribution in [0.2, 0.25) is 0 Å². The smallest absolute Gasteiger partial charge is 0.273 e. The molecule has 178 valence electrons. The van der Waals surface area contributed by atoms with Crippen LogP contribution < -0.4 is 9.47 Å². The molecule has 0 bridgehead atoms. The fourth-order valence-corrected chi connectivity index (χ4v) is 4.39. The second-order valence-electron chi connectivity index (χ2n) is 7.74. The molecular weight excluding hydrogens is 464 g/mol. The Morgan fingerprint density at radius 1 is 1.00 bits per heavy atom. The minimum atomic E-state index is -0.932. The molecule has 1 aromatic heterocycles. The van der Waals surface area contributed by atoms with Gasteiger partial charge < -0.3 is 19.3 Å². The predicted octanol–water partition coefficient (Wildman–Crippen LogP) is 3.98. The number of halogens is 2. The SMILES string of the molecule is COc1cc(-c2nc(C(=O)N3CCN(C(C)=O)CC3)cs2)ccc1OCc1ccc(F)c(F)c1. The zero-order valence-corrected chi connectivity index (χ0v) is 19.5. The van der Waals surface area contributed by atoms with E-state index in [0.717, 1.165) is 17.7 Å². The lowest BCUT2D eigenvalue weighted by atomic mass is 10.2. The van der Waals surface area contributed by atoms with Crippen LogP contribution in [-0.2, 0) is 11.4 Å². The van der Waals surface area contributed by atoms with E-state index < -0.39 is 11.6 Å². The van der Waals surface area contributed by atoms with Gasteiger partial charge in [-0.25, -0.2) is 13.8 Å². The van der Waals surface area contributed by atoms with Crippen LogP contribution in [0.1, 0.15) is 23.0 Å². The summed E-state index contributed by atoms with van der Waals surface area (Å²) in [6.45, 7) is 3.55. The van der Waals surface area contributed by atoms with E-state index in [1.54, 1.807) is 33.4 Å². The van der Waals surface area contributed by atoms with Crippen LogP contribution in [0, 0.1) is 11.6 Å². The largest absolute Gasteiger partial charge is 0.493 e. The molecule has 0 aliphatic carbocycles. The summed E-state index contributed by atoms with van der Waals surface area (Å²) >= 11 is 1.34. The highest BCUT2D eigenvalue weighted by Gasteiger charge is 2.25. The van der Waals surface area contributed by atoms with Crippen LogP contribution in [0.25, 0.3) is 10.6 Å². The average Bonchev–Trinajstić information content (AvgIpc) is 3.34. The summed E-state index contributed by atoms with van der Waals surface area (Å²) < 4.78 is 37.7. The maximum absolute atomic E-state index is 13.4. The molecule has 3 aromatic rings. The Labute approximate surface area is 199 Å². The minimum absolute atomic E-state index is 0.00856. The first-order valence-electron chi connectivity index (χ1n) is 10.6. The Kier molecular flexibility index (Phi) is 7.06. The first-order valence-corrected chi connectivity index (χ1v) is 11.5. The molecule has 0 atom stereocenters. The van der Waals surface area contributed by atoms with Crippen LogP contribution in [0.4, 0.5) is 8.78 Å². The number of carbonyl (C=O) groups is 2. The third-order valence-corrected chi connectivity index (χ3v) is 6.42. The fourth-order valence-electron chi connectivity index (χ4n) is 3.60. The van der Waals surface area contributed by atoms with Crippen LogP contribution in [-0.4, -0.2) is 59.9 Å². The van der Waals surface area contributed by atoms with Crippen molar-refractivity contribution in [2.45, 2.75) is 13.5 Å². The van der Waals surface area contributed by atoms with Gasteiger partial charge >= 0.3 is 0 Å². The Hall–Kier alpha value is -3.53. The number of nitrogens with zero attached hydrogens (tertiary/aromatic N) is 3. The van der Waals surface area contributed by atoms with Gasteiger partial charge in [0.15, 0.2) is 23.1 Å². The number of hydrogen-bond donors (Lipinski definition) is 0. The molecule has 2 aromatic carbocycles. The van der Waals surface area contributed by atoms with Gasteiger partial charge in [0, 0.05) is 44.0 Å². The number of aromatic nitrogens is 1. The second kappa shape index (κ2) is 10.2. The van der Waals surface area contributed by atoms with Gasteiger partial charge in [0.2, 0.25) is 5.91 Å². The first-order chi connectivity index (χ1) is 16.4. The van der Waals surface area contributed by atoms with Gasteiger partial charge in [-0.3, -0.25) is 9.59 Å². The second-order valence-corrected chi connectivity index (χ2v) is 8.60. The van der Waals surface area contributed by atoms with E-state index in [1.807, 2.05) is 0 Å². The normalized spacial score (nSPS) is 13.6. The summed E-state index contributed by atoms with van der Waals surface area (Å²) in [6.07, 6.45) is 0. The Bertz CT molecular complexity index is 1210. The third-order valence-electron chi connectivity index (χ3n) is 5.52. The average molecular weight is 488 g/mol. The van der Waals surface area contributed by atoms with E-state index in [2.05, 4.69) is 4.98 Å². The minimum Gasteiger partial charge on any atom is -0.493 e. The van der Waals surface area contributed by atoms with E-state index in [1.165, 1.54) is 31.4 Å². The third kappa shape index (κ3) is 5.17. The van der Waals surface area contributed by atoms with Crippen molar-refractivity contribution in [2.75, 3.05) is 33.3 Å². The molecule has 1 saturated heterocycles. The number of hydrogen-bond acceptors (Lipinski definition) is 6. The number of thiazole rings is 1. The van der Waals surface area contributed by atoms with E-state index in [0.29, 0.717) is 53.9 Å². The summed E-state index contributed by atoms with van der Waals surface area (Å²) in [5.41, 5.74) is 1.59. The highest BCUT2D eigenvalue weighted by molar-refractivity contribution is 7.13. The van der Waals surface area contributed by atoms with Crippen LogP contribution in [0.15, 0.2) is 41.8 Å². The van der Waals surface area contributed by atoms with Crippen molar-refractivity contribution in [1.82, 2.24) is 14.8 Å². The van der Waals surface area contributed by atoms with Crippen LogP contribution in [0.5, 0.6) is 11.5 Å². The lowest BCUT2D eigenvalue weighted by Gasteiger charge is -2.33. The zero-order chi connectivity index (χ0) is 24.2. The molecule has 4 rings (SSSR count). The summed E-state index contributed by atoms with van der Waals surface area (Å²) in [4.78, 5) is 32.2. The van der Waals surface area contributed by atoms with Gasteiger partial charge in [0.05, 0.1) is 7.11 Å². The van der Waals surface area contributed by atoms with Gasteiger partial charge in [-0.15, -0.1) is 11.3 Å². The van der Waals surface area contributed by atoms with Crippen molar-refractivity contribution in [3.63, 3.8) is 0 Å². The van der Waals surface area contributed by atoms with Gasteiger partial charge in [0.25, 0.3) is 5.91 Å². The van der Waals surface area contributed by atoms with Gasteiger partial charge in [-0.1, -0.05) is 6.07 Å². The Morgan fingerprint density at radius 3 is 2.41 bits per heavy atom. The number of ether oxygens (including phenoxy) is 2. The molecule has 0 spiro atoms. The molecule has 0 radical (unpaired) electrons. The molecule has 0 N–H and O–H groups in total. The van der Waals surface area contributed by atoms with Crippen molar-refractivity contribution in [1.29, 1.82) is 0 Å². The lowest BCUT2D eigenvalue weighted by Crippen LogP contribution is -2.50. The number of rotatable bonds is 6. The van der Waals surface area contributed by atoms with Crippen molar-refractivity contribution >= 4 is 23.2 Å². The van der Waals surface area contributed by atoms with E-state index in [9.17, 15) is 18.4 Å². The fraction of sp³-hybridized carbons (Fsp3) is 0.292. The molecular formula is C24H23F2N3O4S. The molecule has 2 amide bonds. The van der Waals surface area contributed by atoms with Gasteiger partial charge in [0.1, 0.15) is 17.3 Å². The maximum atomic E-state index is 13.4. The highest BCUT2D eigenvalue weighted by Crippen LogP contribution is 2.34. The summed E-state index contributed by atoms with van der Waals surface area (Å²) in [7, 11) is 1.50. The van der Waals surface area contributed by atoms with Crippen LogP contribution >= 0.6 is 11.3 Å². The molecule has 34 heavy (non-hydrogen) atoms. The topological polar surface area (TPSA) is 72.0 Å². The molecule has 2 heterocycles.